The van der Waals surface area contributed by atoms with Crippen LogP contribution in [0.5, 0.6) is 0 Å². The van der Waals surface area contributed by atoms with E-state index in [1.807, 2.05) is 26.1 Å². The van der Waals surface area contributed by atoms with Crippen molar-refractivity contribution in [2.24, 2.45) is 0 Å². The first kappa shape index (κ1) is 13.0. The zero-order valence-corrected chi connectivity index (χ0v) is 11.7. The van der Waals surface area contributed by atoms with Gasteiger partial charge in [-0.2, -0.15) is 0 Å². The van der Waals surface area contributed by atoms with Crippen molar-refractivity contribution in [1.82, 2.24) is 9.97 Å². The zero-order valence-electron chi connectivity index (χ0n) is 10.9. The number of nitrogens with zero attached hydrogens (tertiary/aromatic N) is 2. The predicted molar refractivity (Wildman–Crippen MR) is 73.1 cm³/mol. The minimum atomic E-state index is 0.858. The second-order valence-electron chi connectivity index (χ2n) is 3.95. The molecular weight excluding hydrogens is 246 g/mol. The standard InChI is InChI=1S/C13H17N3OS/c1-4-5-11-15-12(14-3)8-13(16-11)18-10-6-7-17-9(10)2/h6-8H,4-5H2,1-3H3,(H,14,15,16). The molecule has 2 aromatic heterocycles. The lowest BCUT2D eigenvalue weighted by Gasteiger charge is -2.06. The molecule has 4 nitrogen and oxygen atoms in total. The molecule has 18 heavy (non-hydrogen) atoms. The highest BCUT2D eigenvalue weighted by Gasteiger charge is 2.08. The van der Waals surface area contributed by atoms with Gasteiger partial charge in [-0.05, 0) is 19.4 Å². The molecule has 2 heterocycles. The molecule has 2 aromatic rings. The van der Waals surface area contributed by atoms with Crippen LogP contribution in [0.25, 0.3) is 0 Å². The maximum absolute atomic E-state index is 5.29. The molecule has 0 spiro atoms. The van der Waals surface area contributed by atoms with Gasteiger partial charge in [-0.15, -0.1) is 0 Å². The Hall–Kier alpha value is -1.49. The Balaban J connectivity index is 2.26. The minimum absolute atomic E-state index is 0.858. The Morgan fingerprint density at radius 2 is 2.22 bits per heavy atom. The molecule has 0 fully saturated rings. The van der Waals surface area contributed by atoms with Crippen LogP contribution < -0.4 is 5.32 Å². The molecular formula is C13H17N3OS. The molecule has 1 N–H and O–H groups in total. The van der Waals surface area contributed by atoms with Crippen LogP contribution in [0.1, 0.15) is 24.9 Å². The number of aryl methyl sites for hydroxylation is 2. The van der Waals surface area contributed by atoms with E-state index in [-0.39, 0.29) is 0 Å². The van der Waals surface area contributed by atoms with Gasteiger partial charge in [0.1, 0.15) is 22.4 Å². The molecule has 0 aliphatic heterocycles. The van der Waals surface area contributed by atoms with Crippen molar-refractivity contribution in [3.8, 4) is 0 Å². The zero-order chi connectivity index (χ0) is 13.0. The summed E-state index contributed by atoms with van der Waals surface area (Å²) in [7, 11) is 1.87. The highest BCUT2D eigenvalue weighted by molar-refractivity contribution is 7.99. The number of furan rings is 1. The highest BCUT2D eigenvalue weighted by atomic mass is 32.2. The Labute approximate surface area is 111 Å². The summed E-state index contributed by atoms with van der Waals surface area (Å²) in [5.41, 5.74) is 0. The number of hydrogen-bond donors (Lipinski definition) is 1. The number of aromatic nitrogens is 2. The Morgan fingerprint density at radius 1 is 1.39 bits per heavy atom. The summed E-state index contributed by atoms with van der Waals surface area (Å²) in [5.74, 6) is 2.66. The average Bonchev–Trinajstić information content (AvgIpc) is 2.75. The molecule has 0 radical (unpaired) electrons. The number of nitrogens with one attached hydrogen (secondary N) is 1. The fraction of sp³-hybridized carbons (Fsp3) is 0.385. The first-order valence-corrected chi connectivity index (χ1v) is 6.82. The molecule has 0 amide bonds. The van der Waals surface area contributed by atoms with Gasteiger partial charge in [0.25, 0.3) is 0 Å². The summed E-state index contributed by atoms with van der Waals surface area (Å²) in [6.07, 6.45) is 3.64. The Morgan fingerprint density at radius 3 is 2.83 bits per heavy atom. The summed E-state index contributed by atoms with van der Waals surface area (Å²) >= 11 is 1.61. The van der Waals surface area contributed by atoms with E-state index in [1.165, 1.54) is 0 Å². The van der Waals surface area contributed by atoms with Crippen molar-refractivity contribution in [1.29, 1.82) is 0 Å². The van der Waals surface area contributed by atoms with E-state index < -0.39 is 0 Å². The van der Waals surface area contributed by atoms with Gasteiger partial charge in [-0.3, -0.25) is 0 Å². The molecule has 0 bridgehead atoms. The second-order valence-corrected chi connectivity index (χ2v) is 5.01. The quantitative estimate of drug-likeness (QED) is 0.836. The largest absolute Gasteiger partial charge is 0.468 e. The van der Waals surface area contributed by atoms with Crippen molar-refractivity contribution < 1.29 is 4.42 Å². The first-order chi connectivity index (χ1) is 8.72. The van der Waals surface area contributed by atoms with Crippen molar-refractivity contribution in [3.05, 3.63) is 30.0 Å². The topological polar surface area (TPSA) is 51.0 Å². The van der Waals surface area contributed by atoms with E-state index in [0.29, 0.717) is 0 Å². The average molecular weight is 263 g/mol. The lowest BCUT2D eigenvalue weighted by molar-refractivity contribution is 0.527. The van der Waals surface area contributed by atoms with Crippen LogP contribution >= 0.6 is 11.8 Å². The lowest BCUT2D eigenvalue weighted by Crippen LogP contribution is -2.01. The van der Waals surface area contributed by atoms with Gasteiger partial charge in [0.15, 0.2) is 0 Å². The molecule has 5 heteroatoms. The maximum Gasteiger partial charge on any atom is 0.132 e. The molecule has 0 aromatic carbocycles. The van der Waals surface area contributed by atoms with E-state index in [9.17, 15) is 0 Å². The maximum atomic E-state index is 5.29. The first-order valence-electron chi connectivity index (χ1n) is 6.00. The van der Waals surface area contributed by atoms with Crippen molar-refractivity contribution in [2.75, 3.05) is 12.4 Å². The van der Waals surface area contributed by atoms with Crippen LogP contribution in [0, 0.1) is 6.92 Å². The van der Waals surface area contributed by atoms with Crippen LogP contribution in [0.3, 0.4) is 0 Å². The summed E-state index contributed by atoms with van der Waals surface area (Å²) < 4.78 is 5.29. The fourth-order valence-corrected chi connectivity index (χ4v) is 2.44. The van der Waals surface area contributed by atoms with Gasteiger partial charge in [-0.25, -0.2) is 9.97 Å². The van der Waals surface area contributed by atoms with Gasteiger partial charge in [-0.1, -0.05) is 18.7 Å². The molecule has 0 saturated carbocycles. The molecule has 2 rings (SSSR count). The third-order valence-electron chi connectivity index (χ3n) is 2.50. The summed E-state index contributed by atoms with van der Waals surface area (Å²) in [6.45, 7) is 4.08. The van der Waals surface area contributed by atoms with Gasteiger partial charge < -0.3 is 9.73 Å². The van der Waals surface area contributed by atoms with Crippen molar-refractivity contribution in [3.63, 3.8) is 0 Å². The van der Waals surface area contributed by atoms with E-state index >= 15 is 0 Å². The molecule has 0 unspecified atom stereocenters. The van der Waals surface area contributed by atoms with Crippen LogP contribution in [-0.2, 0) is 6.42 Å². The molecule has 0 aliphatic rings. The monoisotopic (exact) mass is 263 g/mol. The van der Waals surface area contributed by atoms with Crippen LogP contribution in [0.4, 0.5) is 5.82 Å². The van der Waals surface area contributed by atoms with Gasteiger partial charge >= 0.3 is 0 Å². The van der Waals surface area contributed by atoms with Gasteiger partial charge in [0.2, 0.25) is 0 Å². The van der Waals surface area contributed by atoms with Crippen molar-refractivity contribution >= 4 is 17.6 Å². The summed E-state index contributed by atoms with van der Waals surface area (Å²) in [4.78, 5) is 10.1. The van der Waals surface area contributed by atoms with Crippen LogP contribution in [-0.4, -0.2) is 17.0 Å². The molecule has 96 valence electrons. The predicted octanol–water partition coefficient (Wildman–Crippen LogP) is 3.52. The smallest absolute Gasteiger partial charge is 0.132 e. The SMILES string of the molecule is CCCc1nc(NC)cc(Sc2ccoc2C)n1. The van der Waals surface area contributed by atoms with E-state index in [1.54, 1.807) is 18.0 Å². The minimum Gasteiger partial charge on any atom is -0.468 e. The normalized spacial score (nSPS) is 10.6. The number of rotatable bonds is 5. The number of anilines is 1. The summed E-state index contributed by atoms with van der Waals surface area (Å²) in [6, 6.07) is 3.91. The van der Waals surface area contributed by atoms with Crippen LogP contribution in [0.15, 0.2) is 32.7 Å². The van der Waals surface area contributed by atoms with Gasteiger partial charge in [0, 0.05) is 19.5 Å². The van der Waals surface area contributed by atoms with E-state index in [0.717, 1.165) is 40.2 Å². The van der Waals surface area contributed by atoms with Gasteiger partial charge in [0.05, 0.1) is 11.2 Å². The molecule has 0 saturated heterocycles. The third kappa shape index (κ3) is 3.04. The number of hydrogen-bond acceptors (Lipinski definition) is 5. The Kier molecular flexibility index (Phi) is 4.25. The second kappa shape index (κ2) is 5.91. The highest BCUT2D eigenvalue weighted by Crippen LogP contribution is 2.30. The van der Waals surface area contributed by atoms with Crippen LogP contribution in [0.2, 0.25) is 0 Å². The Bertz CT molecular complexity index is 525. The van der Waals surface area contributed by atoms with E-state index in [2.05, 4.69) is 22.2 Å². The fourth-order valence-electron chi connectivity index (χ4n) is 1.58. The molecule has 0 aliphatic carbocycles. The lowest BCUT2D eigenvalue weighted by atomic mass is 10.3. The summed E-state index contributed by atoms with van der Waals surface area (Å²) in [5, 5.41) is 4.02. The van der Waals surface area contributed by atoms with Crippen molar-refractivity contribution in [2.45, 2.75) is 36.6 Å². The van der Waals surface area contributed by atoms with E-state index in [4.69, 9.17) is 4.42 Å². The third-order valence-corrected chi connectivity index (χ3v) is 3.57. The molecule has 0 atom stereocenters.